The van der Waals surface area contributed by atoms with Crippen LogP contribution in [0.3, 0.4) is 0 Å². The summed E-state index contributed by atoms with van der Waals surface area (Å²) in [5.74, 6) is -0.0449. The Kier molecular flexibility index (Phi) is 9.09. The third-order valence-electron chi connectivity index (χ3n) is 4.85. The number of carbonyl (C=O) groups excluding carboxylic acids is 1. The summed E-state index contributed by atoms with van der Waals surface area (Å²) >= 11 is 0. The molecule has 0 aliphatic carbocycles. The molecular formula is C23H31NO5. The van der Waals surface area contributed by atoms with Crippen LogP contribution in [0.1, 0.15) is 56.2 Å². The first kappa shape index (κ1) is 22.8. The lowest BCUT2D eigenvalue weighted by Crippen LogP contribution is -2.31. The van der Waals surface area contributed by atoms with Crippen LogP contribution in [0.4, 0.5) is 0 Å². The monoisotopic (exact) mass is 401 g/mol. The number of ether oxygens (including phenoxy) is 3. The van der Waals surface area contributed by atoms with Gasteiger partial charge >= 0.3 is 5.97 Å². The first-order chi connectivity index (χ1) is 14.0. The van der Waals surface area contributed by atoms with Gasteiger partial charge in [0.1, 0.15) is 5.60 Å². The van der Waals surface area contributed by atoms with E-state index >= 15 is 0 Å². The van der Waals surface area contributed by atoms with Crippen molar-refractivity contribution in [3.8, 4) is 5.88 Å². The maximum Gasteiger partial charge on any atom is 0.309 e. The number of pyridine rings is 1. The fourth-order valence-electron chi connectivity index (χ4n) is 3.10. The predicted molar refractivity (Wildman–Crippen MR) is 110 cm³/mol. The number of aliphatic hydroxyl groups is 1. The third kappa shape index (κ3) is 6.54. The Hall–Kier alpha value is -2.44. The van der Waals surface area contributed by atoms with Gasteiger partial charge in [0, 0.05) is 11.8 Å². The summed E-state index contributed by atoms with van der Waals surface area (Å²) < 4.78 is 16.5. The van der Waals surface area contributed by atoms with E-state index in [0.29, 0.717) is 36.6 Å². The van der Waals surface area contributed by atoms with E-state index in [4.69, 9.17) is 14.2 Å². The molecule has 2 aromatic rings. The fraction of sp³-hybridized carbons (Fsp3) is 0.478. The Bertz CT molecular complexity index is 765. The molecule has 0 spiro atoms. The molecule has 0 aliphatic heterocycles. The van der Waals surface area contributed by atoms with Crippen molar-refractivity contribution in [3.63, 3.8) is 0 Å². The van der Waals surface area contributed by atoms with Crippen LogP contribution in [-0.2, 0) is 33.1 Å². The number of nitrogens with zero attached hydrogens (tertiary/aromatic N) is 1. The number of rotatable bonds is 12. The Balaban J connectivity index is 2.19. The molecule has 0 saturated carbocycles. The summed E-state index contributed by atoms with van der Waals surface area (Å²) in [5, 5.41) is 11.3. The van der Waals surface area contributed by atoms with Gasteiger partial charge in [-0.05, 0) is 30.0 Å². The molecule has 0 aliphatic rings. The van der Waals surface area contributed by atoms with Gasteiger partial charge in [0.05, 0.1) is 33.4 Å². The zero-order valence-electron chi connectivity index (χ0n) is 17.5. The Morgan fingerprint density at radius 3 is 2.55 bits per heavy atom. The van der Waals surface area contributed by atoms with Crippen LogP contribution in [0.25, 0.3) is 0 Å². The first-order valence-electron chi connectivity index (χ1n) is 10.1. The molecule has 2 rings (SSSR count). The molecule has 1 aromatic carbocycles. The zero-order valence-corrected chi connectivity index (χ0v) is 17.5. The molecule has 1 atom stereocenters. The van der Waals surface area contributed by atoms with Gasteiger partial charge in [0.25, 0.3) is 0 Å². The summed E-state index contributed by atoms with van der Waals surface area (Å²) in [5.41, 5.74) is 0.872. The molecule has 1 heterocycles. The standard InChI is InChI=1S/C23H31NO5/c1-4-6-14-29-21(25)15-23(26,5-2)20-12-13-24-22(27-3)19(20)17-28-16-18-10-8-7-9-11-18/h7-13,26H,4-6,14-17H2,1-3H3. The number of aromatic nitrogens is 1. The normalized spacial score (nSPS) is 13.0. The van der Waals surface area contributed by atoms with Crippen LogP contribution in [-0.4, -0.2) is 29.8 Å². The number of methoxy groups -OCH3 is 1. The average Bonchev–Trinajstić information content (AvgIpc) is 2.74. The lowest BCUT2D eigenvalue weighted by atomic mass is 9.85. The van der Waals surface area contributed by atoms with Crippen molar-refractivity contribution in [2.45, 2.75) is 58.3 Å². The van der Waals surface area contributed by atoms with E-state index in [1.165, 1.54) is 7.11 Å². The van der Waals surface area contributed by atoms with E-state index in [1.54, 1.807) is 12.3 Å². The average molecular weight is 402 g/mol. The molecule has 0 amide bonds. The van der Waals surface area contributed by atoms with Crippen molar-refractivity contribution in [1.82, 2.24) is 4.98 Å². The molecule has 1 N–H and O–H groups in total. The largest absolute Gasteiger partial charge is 0.481 e. The third-order valence-corrected chi connectivity index (χ3v) is 4.85. The molecule has 158 valence electrons. The number of hydrogen-bond acceptors (Lipinski definition) is 6. The highest BCUT2D eigenvalue weighted by molar-refractivity contribution is 5.71. The van der Waals surface area contributed by atoms with E-state index in [1.807, 2.05) is 44.2 Å². The Morgan fingerprint density at radius 2 is 1.90 bits per heavy atom. The van der Waals surface area contributed by atoms with Crippen molar-refractivity contribution in [3.05, 3.63) is 59.3 Å². The number of esters is 1. The van der Waals surface area contributed by atoms with E-state index in [-0.39, 0.29) is 13.0 Å². The molecule has 0 fully saturated rings. The number of benzene rings is 1. The number of hydrogen-bond donors (Lipinski definition) is 1. The second-order valence-corrected chi connectivity index (χ2v) is 6.96. The summed E-state index contributed by atoms with van der Waals surface area (Å²) in [6.07, 6.45) is 3.52. The van der Waals surface area contributed by atoms with Gasteiger partial charge in [-0.1, -0.05) is 50.6 Å². The Labute approximate surface area is 172 Å². The van der Waals surface area contributed by atoms with Gasteiger partial charge in [-0.3, -0.25) is 4.79 Å². The molecule has 1 unspecified atom stereocenters. The Morgan fingerprint density at radius 1 is 1.14 bits per heavy atom. The highest BCUT2D eigenvalue weighted by Crippen LogP contribution is 2.35. The van der Waals surface area contributed by atoms with Gasteiger partial charge in [-0.25, -0.2) is 4.98 Å². The quantitative estimate of drug-likeness (QED) is 0.425. The van der Waals surface area contributed by atoms with Crippen LogP contribution in [0.2, 0.25) is 0 Å². The zero-order chi connectivity index (χ0) is 21.1. The van der Waals surface area contributed by atoms with E-state index in [9.17, 15) is 9.90 Å². The van der Waals surface area contributed by atoms with Crippen LogP contribution in [0.15, 0.2) is 42.6 Å². The first-order valence-corrected chi connectivity index (χ1v) is 10.1. The highest BCUT2D eigenvalue weighted by Gasteiger charge is 2.34. The van der Waals surface area contributed by atoms with Gasteiger partial charge < -0.3 is 19.3 Å². The molecule has 29 heavy (non-hydrogen) atoms. The van der Waals surface area contributed by atoms with E-state index in [2.05, 4.69) is 4.98 Å². The second kappa shape index (κ2) is 11.5. The lowest BCUT2D eigenvalue weighted by Gasteiger charge is -2.29. The molecular weight excluding hydrogens is 370 g/mol. The lowest BCUT2D eigenvalue weighted by molar-refractivity contribution is -0.150. The van der Waals surface area contributed by atoms with Crippen LogP contribution < -0.4 is 4.74 Å². The fourth-order valence-corrected chi connectivity index (χ4v) is 3.10. The molecule has 0 radical (unpaired) electrons. The predicted octanol–water partition coefficient (Wildman–Crippen LogP) is 4.14. The van der Waals surface area contributed by atoms with Gasteiger partial charge in [0.15, 0.2) is 0 Å². The molecule has 1 aromatic heterocycles. The number of unbranched alkanes of at least 4 members (excludes halogenated alkanes) is 1. The summed E-state index contributed by atoms with van der Waals surface area (Å²) in [4.78, 5) is 16.5. The van der Waals surface area contributed by atoms with Gasteiger partial charge in [0.2, 0.25) is 5.88 Å². The van der Waals surface area contributed by atoms with Gasteiger partial charge in [-0.15, -0.1) is 0 Å². The van der Waals surface area contributed by atoms with Crippen LogP contribution in [0, 0.1) is 0 Å². The molecule has 6 heteroatoms. The van der Waals surface area contributed by atoms with Crippen LogP contribution >= 0.6 is 0 Å². The molecule has 0 saturated heterocycles. The maximum atomic E-state index is 12.3. The number of carbonyl (C=O) groups is 1. The molecule has 0 bridgehead atoms. The van der Waals surface area contributed by atoms with Crippen LogP contribution in [0.5, 0.6) is 5.88 Å². The summed E-state index contributed by atoms with van der Waals surface area (Å²) in [7, 11) is 1.52. The smallest absolute Gasteiger partial charge is 0.309 e. The maximum absolute atomic E-state index is 12.3. The van der Waals surface area contributed by atoms with E-state index in [0.717, 1.165) is 18.4 Å². The molecule has 6 nitrogen and oxygen atoms in total. The summed E-state index contributed by atoms with van der Waals surface area (Å²) in [6.45, 7) is 4.85. The van der Waals surface area contributed by atoms with Crippen molar-refractivity contribution >= 4 is 5.97 Å². The van der Waals surface area contributed by atoms with Crippen molar-refractivity contribution in [1.29, 1.82) is 0 Å². The summed E-state index contributed by atoms with van der Waals surface area (Å²) in [6, 6.07) is 11.5. The van der Waals surface area contributed by atoms with E-state index < -0.39 is 11.6 Å². The minimum atomic E-state index is -1.38. The highest BCUT2D eigenvalue weighted by atomic mass is 16.5. The van der Waals surface area contributed by atoms with Crippen molar-refractivity contribution in [2.24, 2.45) is 0 Å². The second-order valence-electron chi connectivity index (χ2n) is 6.96. The van der Waals surface area contributed by atoms with Crippen molar-refractivity contribution < 1.29 is 24.1 Å². The topological polar surface area (TPSA) is 77.9 Å². The van der Waals surface area contributed by atoms with Gasteiger partial charge in [-0.2, -0.15) is 0 Å². The minimum Gasteiger partial charge on any atom is -0.481 e. The van der Waals surface area contributed by atoms with Crippen molar-refractivity contribution in [2.75, 3.05) is 13.7 Å². The SMILES string of the molecule is CCCCOC(=O)CC(O)(CC)c1ccnc(OC)c1COCc1ccccc1. The minimum absolute atomic E-state index is 0.133.